The highest BCUT2D eigenvalue weighted by molar-refractivity contribution is 5.96. The molecule has 7 heteroatoms. The molecule has 25 heavy (non-hydrogen) atoms. The van der Waals surface area contributed by atoms with E-state index >= 15 is 0 Å². The van der Waals surface area contributed by atoms with Crippen molar-refractivity contribution in [2.75, 3.05) is 12.1 Å². The average molecular weight is 341 g/mol. The predicted octanol–water partition coefficient (Wildman–Crippen LogP) is 0.800. The molecule has 2 aliphatic heterocycles. The minimum absolute atomic E-state index is 0.0683. The van der Waals surface area contributed by atoms with Gasteiger partial charge in [0.25, 0.3) is 5.91 Å². The Kier molecular flexibility index (Phi) is 3.54. The van der Waals surface area contributed by atoms with E-state index in [1.165, 1.54) is 21.8 Å². The summed E-state index contributed by atoms with van der Waals surface area (Å²) in [4.78, 5) is 26.0. The van der Waals surface area contributed by atoms with Crippen molar-refractivity contribution < 1.29 is 15.0 Å². The summed E-state index contributed by atoms with van der Waals surface area (Å²) in [6.45, 7) is 0. The van der Waals surface area contributed by atoms with E-state index in [2.05, 4.69) is 0 Å². The number of benzene rings is 1. The molecular weight excluding hydrogens is 322 g/mol. The van der Waals surface area contributed by atoms with E-state index in [9.17, 15) is 19.8 Å². The summed E-state index contributed by atoms with van der Waals surface area (Å²) in [5.74, 6) is -0.968. The van der Waals surface area contributed by atoms with E-state index in [-0.39, 0.29) is 11.9 Å². The van der Waals surface area contributed by atoms with Crippen molar-refractivity contribution in [3.8, 4) is 5.75 Å². The van der Waals surface area contributed by atoms with Gasteiger partial charge in [0.05, 0.1) is 12.1 Å². The Labute approximate surface area is 144 Å². The van der Waals surface area contributed by atoms with Crippen LogP contribution in [0.25, 0.3) is 0 Å². The van der Waals surface area contributed by atoms with Gasteiger partial charge in [0.2, 0.25) is 5.43 Å². The van der Waals surface area contributed by atoms with Crippen LogP contribution in [-0.4, -0.2) is 45.0 Å². The predicted molar refractivity (Wildman–Crippen MR) is 90.9 cm³/mol. The monoisotopic (exact) mass is 341 g/mol. The number of fused-ring (bicyclic) bond motifs is 3. The third kappa shape index (κ3) is 2.23. The fourth-order valence-corrected chi connectivity index (χ4v) is 3.86. The third-order valence-corrected chi connectivity index (χ3v) is 5.09. The minimum atomic E-state index is -0.630. The highest BCUT2D eigenvalue weighted by Crippen LogP contribution is 2.38. The molecule has 1 amide bonds. The highest BCUT2D eigenvalue weighted by Gasteiger charge is 2.46. The molecule has 3 heterocycles. The summed E-state index contributed by atoms with van der Waals surface area (Å²) >= 11 is 0. The molecule has 2 N–H and O–H groups in total. The second kappa shape index (κ2) is 5.63. The number of aliphatic hydroxyl groups is 1. The van der Waals surface area contributed by atoms with Gasteiger partial charge in [0, 0.05) is 19.3 Å². The van der Waals surface area contributed by atoms with Gasteiger partial charge in [-0.1, -0.05) is 30.3 Å². The van der Waals surface area contributed by atoms with Crippen LogP contribution in [-0.2, 0) is 0 Å². The first-order valence-electron chi connectivity index (χ1n) is 8.24. The summed E-state index contributed by atoms with van der Waals surface area (Å²) in [7, 11) is 1.65. The number of aromatic nitrogens is 1. The van der Waals surface area contributed by atoms with E-state index in [0.717, 1.165) is 5.56 Å². The third-order valence-electron chi connectivity index (χ3n) is 5.09. The van der Waals surface area contributed by atoms with E-state index in [1.54, 1.807) is 7.05 Å². The topological polar surface area (TPSA) is 86.0 Å². The van der Waals surface area contributed by atoms with Crippen molar-refractivity contribution in [1.29, 1.82) is 0 Å². The Bertz CT molecular complexity index is 880. The number of pyridine rings is 1. The van der Waals surface area contributed by atoms with Gasteiger partial charge in [-0.05, 0) is 18.4 Å². The van der Waals surface area contributed by atoms with Gasteiger partial charge in [-0.2, -0.15) is 0 Å². The second-order valence-corrected chi connectivity index (χ2v) is 6.50. The summed E-state index contributed by atoms with van der Waals surface area (Å²) in [6, 6.07) is 10.4. The fraction of sp³-hybridized carbons (Fsp3) is 0.333. The molecule has 4 rings (SSSR count). The zero-order chi connectivity index (χ0) is 17.7. The van der Waals surface area contributed by atoms with Crippen molar-refractivity contribution in [2.45, 2.75) is 31.2 Å². The van der Waals surface area contributed by atoms with Gasteiger partial charge in [-0.3, -0.25) is 19.3 Å². The maximum Gasteiger partial charge on any atom is 0.277 e. The summed E-state index contributed by atoms with van der Waals surface area (Å²) in [5.41, 5.74) is 0.244. The van der Waals surface area contributed by atoms with Crippen LogP contribution >= 0.6 is 0 Å². The molecule has 0 radical (unpaired) electrons. The number of piperidine rings is 1. The Morgan fingerprint density at radius 3 is 2.52 bits per heavy atom. The molecule has 0 saturated carbocycles. The Morgan fingerprint density at radius 2 is 1.80 bits per heavy atom. The van der Waals surface area contributed by atoms with E-state index < -0.39 is 29.2 Å². The molecule has 0 bridgehead atoms. The molecule has 1 saturated heterocycles. The Hall–Kier alpha value is -2.80. The molecule has 0 unspecified atom stereocenters. The molecule has 1 fully saturated rings. The lowest BCUT2D eigenvalue weighted by atomic mass is 9.91. The summed E-state index contributed by atoms with van der Waals surface area (Å²) < 4.78 is 1.52. The van der Waals surface area contributed by atoms with Crippen LogP contribution in [0.15, 0.2) is 47.4 Å². The number of aliphatic hydroxyl groups excluding tert-OH is 1. The van der Waals surface area contributed by atoms with Gasteiger partial charge in [-0.25, -0.2) is 0 Å². The lowest BCUT2D eigenvalue weighted by molar-refractivity contribution is 0.0258. The molecule has 130 valence electrons. The zero-order valence-corrected chi connectivity index (χ0v) is 13.7. The average Bonchev–Trinajstić information content (AvgIpc) is 2.62. The molecule has 2 aliphatic rings. The van der Waals surface area contributed by atoms with E-state index in [4.69, 9.17) is 0 Å². The highest BCUT2D eigenvalue weighted by atomic mass is 16.3. The lowest BCUT2D eigenvalue weighted by Gasteiger charge is -2.52. The SMILES string of the molecule is CN1C(=O)c2c(O)c(=O)ccn2N2[C@H](c3ccccc3)[C@@H](O)CC[C@@H]12. The second-order valence-electron chi connectivity index (χ2n) is 6.50. The van der Waals surface area contributed by atoms with Crippen molar-refractivity contribution in [2.24, 2.45) is 0 Å². The van der Waals surface area contributed by atoms with Gasteiger partial charge in [0.1, 0.15) is 6.17 Å². The normalized spacial score (nSPS) is 25.5. The summed E-state index contributed by atoms with van der Waals surface area (Å²) in [6.07, 6.45) is 1.74. The summed E-state index contributed by atoms with van der Waals surface area (Å²) in [5, 5.41) is 22.7. The van der Waals surface area contributed by atoms with Crippen LogP contribution in [0.2, 0.25) is 0 Å². The number of nitrogens with zero attached hydrogens (tertiary/aromatic N) is 3. The number of hydrogen-bond donors (Lipinski definition) is 2. The molecule has 0 aliphatic carbocycles. The molecule has 0 spiro atoms. The van der Waals surface area contributed by atoms with Gasteiger partial charge < -0.3 is 15.1 Å². The number of amides is 1. The first-order chi connectivity index (χ1) is 12.0. The maximum atomic E-state index is 12.7. The first-order valence-corrected chi connectivity index (χ1v) is 8.24. The van der Waals surface area contributed by atoms with Gasteiger partial charge >= 0.3 is 0 Å². The molecular formula is C18H19N3O4. The van der Waals surface area contributed by atoms with Crippen LogP contribution in [0.4, 0.5) is 0 Å². The van der Waals surface area contributed by atoms with Gasteiger partial charge in [-0.15, -0.1) is 0 Å². The largest absolute Gasteiger partial charge is 0.502 e. The molecule has 2 aromatic rings. The van der Waals surface area contributed by atoms with E-state index in [0.29, 0.717) is 12.8 Å². The van der Waals surface area contributed by atoms with Crippen molar-refractivity contribution in [3.63, 3.8) is 0 Å². The number of rotatable bonds is 1. The van der Waals surface area contributed by atoms with Crippen LogP contribution in [0.3, 0.4) is 0 Å². The quantitative estimate of drug-likeness (QED) is 0.801. The molecule has 1 aromatic heterocycles. The number of hydrogen-bond acceptors (Lipinski definition) is 5. The smallest absolute Gasteiger partial charge is 0.277 e. The zero-order valence-electron chi connectivity index (χ0n) is 13.7. The van der Waals surface area contributed by atoms with Crippen LogP contribution in [0.1, 0.15) is 34.9 Å². The first kappa shape index (κ1) is 15.7. The Morgan fingerprint density at radius 1 is 1.08 bits per heavy atom. The molecule has 1 aromatic carbocycles. The van der Waals surface area contributed by atoms with Crippen LogP contribution in [0.5, 0.6) is 5.75 Å². The number of aromatic hydroxyl groups is 1. The van der Waals surface area contributed by atoms with E-state index in [1.807, 2.05) is 35.3 Å². The molecule has 3 atom stereocenters. The van der Waals surface area contributed by atoms with Crippen LogP contribution < -0.4 is 10.4 Å². The van der Waals surface area contributed by atoms with Crippen molar-refractivity contribution >= 4 is 5.91 Å². The maximum absolute atomic E-state index is 12.7. The van der Waals surface area contributed by atoms with Gasteiger partial charge in [0.15, 0.2) is 11.4 Å². The number of carbonyl (C=O) groups excluding carboxylic acids is 1. The number of carbonyl (C=O) groups is 1. The standard InChI is InChI=1S/C18H19N3O4/c1-19-14-8-7-12(22)15(11-5-3-2-4-6-11)21(14)20-10-9-13(23)17(24)16(20)18(19)25/h2-6,9-10,12,14-15,22,24H,7-8H2,1H3/t12-,14-,15+/m0/s1. The Balaban J connectivity index is 1.94. The minimum Gasteiger partial charge on any atom is -0.502 e. The lowest BCUT2D eigenvalue weighted by Crippen LogP contribution is -2.64. The van der Waals surface area contributed by atoms with Crippen LogP contribution in [0, 0.1) is 0 Å². The molecule has 7 nitrogen and oxygen atoms in total. The van der Waals surface area contributed by atoms with Crippen molar-refractivity contribution in [1.82, 2.24) is 9.58 Å². The fourth-order valence-electron chi connectivity index (χ4n) is 3.86. The van der Waals surface area contributed by atoms with Crippen molar-refractivity contribution in [3.05, 3.63) is 64.1 Å².